The summed E-state index contributed by atoms with van der Waals surface area (Å²) in [6.07, 6.45) is 2.42. The van der Waals surface area contributed by atoms with Crippen LogP contribution in [-0.4, -0.2) is 48.9 Å². The second-order valence-electron chi connectivity index (χ2n) is 5.99. The number of carbonyl (C=O) groups excluding carboxylic acids is 2. The summed E-state index contributed by atoms with van der Waals surface area (Å²) in [5.74, 6) is -0.558. The van der Waals surface area contributed by atoms with Crippen LogP contribution in [0.1, 0.15) is 33.3 Å². The molecule has 0 radical (unpaired) electrons. The highest BCUT2D eigenvalue weighted by atomic mass is 16.2. The number of benzene rings is 1. The van der Waals surface area contributed by atoms with Crippen molar-refractivity contribution in [3.05, 3.63) is 59.4 Å². The lowest BCUT2D eigenvalue weighted by atomic mass is 10.1. The van der Waals surface area contributed by atoms with Crippen LogP contribution in [0.25, 0.3) is 0 Å². The van der Waals surface area contributed by atoms with E-state index >= 15 is 0 Å². The second-order valence-corrected chi connectivity index (χ2v) is 5.99. The molecule has 0 saturated heterocycles. The van der Waals surface area contributed by atoms with Crippen LogP contribution in [-0.2, 0) is 6.42 Å². The van der Waals surface area contributed by atoms with Gasteiger partial charge in [0.05, 0.1) is 0 Å². The Balaban J connectivity index is 2.01. The zero-order valence-corrected chi connectivity index (χ0v) is 14.9. The fourth-order valence-electron chi connectivity index (χ4n) is 2.21. The third-order valence-electron chi connectivity index (χ3n) is 3.72. The van der Waals surface area contributed by atoms with E-state index in [1.807, 2.05) is 43.3 Å². The van der Waals surface area contributed by atoms with Crippen molar-refractivity contribution in [2.45, 2.75) is 13.3 Å². The molecule has 25 heavy (non-hydrogen) atoms. The van der Waals surface area contributed by atoms with Crippen molar-refractivity contribution in [2.24, 2.45) is 0 Å². The number of aromatic nitrogens is 1. The predicted molar refractivity (Wildman–Crippen MR) is 98.9 cm³/mol. The molecule has 0 aliphatic rings. The maximum absolute atomic E-state index is 12.4. The lowest BCUT2D eigenvalue weighted by Crippen LogP contribution is -2.32. The molecule has 0 bridgehead atoms. The van der Waals surface area contributed by atoms with Gasteiger partial charge >= 0.3 is 0 Å². The number of pyridine rings is 1. The van der Waals surface area contributed by atoms with Crippen molar-refractivity contribution in [1.82, 2.24) is 15.2 Å². The highest BCUT2D eigenvalue weighted by molar-refractivity contribution is 6.05. The average molecular weight is 340 g/mol. The second kappa shape index (κ2) is 8.94. The van der Waals surface area contributed by atoms with Crippen LogP contribution >= 0.6 is 0 Å². The number of carbonyl (C=O) groups is 2. The fraction of sp³-hybridized carbons (Fsp3) is 0.316. The standard InChI is InChI=1S/C19H24N4O2/c1-4-14-5-7-16(8-6-14)22-18(24)15-9-10-20-17(13-15)19(25)21-11-12-23(2)3/h5-10,13H,4,11-12H2,1-3H3,(H,21,25)(H,22,24). The molecule has 1 heterocycles. The van der Waals surface area contributed by atoms with Crippen molar-refractivity contribution in [3.63, 3.8) is 0 Å². The Morgan fingerprint density at radius 2 is 1.80 bits per heavy atom. The molecule has 1 aromatic heterocycles. The number of hydrogen-bond donors (Lipinski definition) is 2. The molecule has 0 fully saturated rings. The van der Waals surface area contributed by atoms with Gasteiger partial charge in [-0.3, -0.25) is 14.6 Å². The molecular weight excluding hydrogens is 316 g/mol. The number of rotatable bonds is 7. The van der Waals surface area contributed by atoms with E-state index in [1.54, 1.807) is 6.07 Å². The molecule has 132 valence electrons. The Kier molecular flexibility index (Phi) is 6.65. The molecule has 1 aromatic carbocycles. The van der Waals surface area contributed by atoms with E-state index in [0.29, 0.717) is 12.1 Å². The number of aryl methyl sites for hydroxylation is 1. The lowest BCUT2D eigenvalue weighted by molar-refractivity contribution is 0.0946. The molecule has 6 nitrogen and oxygen atoms in total. The maximum Gasteiger partial charge on any atom is 0.269 e. The monoisotopic (exact) mass is 340 g/mol. The van der Waals surface area contributed by atoms with Gasteiger partial charge in [-0.05, 0) is 50.3 Å². The highest BCUT2D eigenvalue weighted by Gasteiger charge is 2.12. The van der Waals surface area contributed by atoms with E-state index in [1.165, 1.54) is 17.8 Å². The van der Waals surface area contributed by atoms with Gasteiger partial charge in [0, 0.05) is 30.5 Å². The number of likely N-dealkylation sites (N-methyl/N-ethyl adjacent to an activating group) is 1. The van der Waals surface area contributed by atoms with Crippen LogP contribution in [0.3, 0.4) is 0 Å². The van der Waals surface area contributed by atoms with E-state index in [4.69, 9.17) is 0 Å². The third-order valence-corrected chi connectivity index (χ3v) is 3.72. The van der Waals surface area contributed by atoms with Crippen LogP contribution in [0.15, 0.2) is 42.6 Å². The molecule has 6 heteroatoms. The molecular formula is C19H24N4O2. The van der Waals surface area contributed by atoms with Crippen molar-refractivity contribution in [1.29, 1.82) is 0 Å². The van der Waals surface area contributed by atoms with Crippen molar-refractivity contribution >= 4 is 17.5 Å². The third kappa shape index (κ3) is 5.69. The van der Waals surface area contributed by atoms with Crippen molar-refractivity contribution < 1.29 is 9.59 Å². The minimum Gasteiger partial charge on any atom is -0.349 e. The molecule has 0 saturated carbocycles. The fourth-order valence-corrected chi connectivity index (χ4v) is 2.21. The van der Waals surface area contributed by atoms with E-state index in [-0.39, 0.29) is 17.5 Å². The molecule has 0 aliphatic carbocycles. The van der Waals surface area contributed by atoms with Crippen LogP contribution in [0, 0.1) is 0 Å². The van der Waals surface area contributed by atoms with Crippen LogP contribution in [0.5, 0.6) is 0 Å². The quantitative estimate of drug-likeness (QED) is 0.810. The van der Waals surface area contributed by atoms with E-state index in [2.05, 4.69) is 22.5 Å². The van der Waals surface area contributed by atoms with Gasteiger partial charge in [-0.15, -0.1) is 0 Å². The SMILES string of the molecule is CCc1ccc(NC(=O)c2ccnc(C(=O)NCCN(C)C)c2)cc1. The summed E-state index contributed by atoms with van der Waals surface area (Å²) >= 11 is 0. The summed E-state index contributed by atoms with van der Waals surface area (Å²) in [4.78, 5) is 30.5. The summed E-state index contributed by atoms with van der Waals surface area (Å²) < 4.78 is 0. The van der Waals surface area contributed by atoms with Gasteiger partial charge in [0.1, 0.15) is 5.69 Å². The Labute approximate surface area is 148 Å². The first-order valence-corrected chi connectivity index (χ1v) is 8.29. The maximum atomic E-state index is 12.4. The van der Waals surface area contributed by atoms with Crippen LogP contribution < -0.4 is 10.6 Å². The summed E-state index contributed by atoms with van der Waals surface area (Å²) in [6.45, 7) is 3.34. The first kappa shape index (κ1) is 18.6. The molecule has 2 rings (SSSR count). The Morgan fingerprint density at radius 3 is 2.44 bits per heavy atom. The van der Waals surface area contributed by atoms with Crippen LogP contribution in [0.2, 0.25) is 0 Å². The molecule has 2 amide bonds. The first-order chi connectivity index (χ1) is 12.0. The summed E-state index contributed by atoms with van der Waals surface area (Å²) in [5.41, 5.74) is 2.55. The predicted octanol–water partition coefficient (Wildman–Crippen LogP) is 2.19. The summed E-state index contributed by atoms with van der Waals surface area (Å²) in [5, 5.41) is 5.61. The zero-order valence-electron chi connectivity index (χ0n) is 14.9. The van der Waals surface area contributed by atoms with E-state index in [9.17, 15) is 9.59 Å². The number of nitrogens with zero attached hydrogens (tertiary/aromatic N) is 2. The van der Waals surface area contributed by atoms with Gasteiger partial charge in [-0.25, -0.2) is 0 Å². The topological polar surface area (TPSA) is 74.3 Å². The molecule has 2 N–H and O–H groups in total. The molecule has 0 unspecified atom stereocenters. The number of hydrogen-bond acceptors (Lipinski definition) is 4. The normalized spacial score (nSPS) is 10.6. The lowest BCUT2D eigenvalue weighted by Gasteiger charge is -2.10. The number of nitrogens with one attached hydrogen (secondary N) is 2. The summed E-state index contributed by atoms with van der Waals surface area (Å²) in [7, 11) is 3.87. The average Bonchev–Trinajstić information content (AvgIpc) is 2.62. The highest BCUT2D eigenvalue weighted by Crippen LogP contribution is 2.12. The van der Waals surface area contributed by atoms with Gasteiger partial charge in [-0.2, -0.15) is 0 Å². The molecule has 0 atom stereocenters. The zero-order chi connectivity index (χ0) is 18.2. The Morgan fingerprint density at radius 1 is 1.08 bits per heavy atom. The summed E-state index contributed by atoms with van der Waals surface area (Å²) in [6, 6.07) is 10.8. The minimum atomic E-state index is -0.288. The largest absolute Gasteiger partial charge is 0.349 e. The van der Waals surface area contributed by atoms with E-state index < -0.39 is 0 Å². The van der Waals surface area contributed by atoms with Crippen LogP contribution in [0.4, 0.5) is 5.69 Å². The number of anilines is 1. The van der Waals surface area contributed by atoms with Gasteiger partial charge in [-0.1, -0.05) is 19.1 Å². The van der Waals surface area contributed by atoms with E-state index in [0.717, 1.165) is 18.7 Å². The molecule has 2 aromatic rings. The molecule has 0 aliphatic heterocycles. The number of amides is 2. The van der Waals surface area contributed by atoms with Gasteiger partial charge in [0.15, 0.2) is 0 Å². The smallest absolute Gasteiger partial charge is 0.269 e. The molecule has 0 spiro atoms. The Hall–Kier alpha value is -2.73. The minimum absolute atomic E-state index is 0.229. The van der Waals surface area contributed by atoms with Gasteiger partial charge in [0.25, 0.3) is 11.8 Å². The van der Waals surface area contributed by atoms with Gasteiger partial charge < -0.3 is 15.5 Å². The first-order valence-electron chi connectivity index (χ1n) is 8.29. The van der Waals surface area contributed by atoms with Crippen molar-refractivity contribution in [3.8, 4) is 0 Å². The van der Waals surface area contributed by atoms with Crippen molar-refractivity contribution in [2.75, 3.05) is 32.5 Å². The van der Waals surface area contributed by atoms with Gasteiger partial charge in [0.2, 0.25) is 0 Å². The Bertz CT molecular complexity index is 726.